The zero-order chi connectivity index (χ0) is 22.6. The molecule has 3 N–H and O–H groups in total. The standard InChI is InChI=1S/C16H18N6OS.C2HF3O2/c1-10-18-13-3-2-11(8-15(13)24-10)19-16(23)14-9-22(21-20-14)12-4-6-17-7-5-12;3-2(4,5)1(6)7/h2-3,8-9,12,17H,4-7H2,1H3,(H,19,23);(H,6,7). The van der Waals surface area contributed by atoms with Crippen molar-refractivity contribution < 1.29 is 27.9 Å². The number of nitrogens with one attached hydrogen (secondary N) is 2. The summed E-state index contributed by atoms with van der Waals surface area (Å²) in [5.74, 6) is -3.00. The van der Waals surface area contributed by atoms with E-state index in [1.807, 2.05) is 29.8 Å². The number of carbonyl (C=O) groups is 2. The van der Waals surface area contributed by atoms with E-state index in [4.69, 9.17) is 9.90 Å². The molecule has 0 bridgehead atoms. The van der Waals surface area contributed by atoms with E-state index in [0.29, 0.717) is 11.7 Å². The topological polar surface area (TPSA) is 122 Å². The lowest BCUT2D eigenvalue weighted by Gasteiger charge is -2.22. The molecular weight excluding hydrogens is 437 g/mol. The van der Waals surface area contributed by atoms with Gasteiger partial charge in [-0.05, 0) is 51.1 Å². The lowest BCUT2D eigenvalue weighted by molar-refractivity contribution is -0.192. The first-order chi connectivity index (χ1) is 14.6. The minimum Gasteiger partial charge on any atom is -0.475 e. The average Bonchev–Trinajstić information content (AvgIpc) is 3.34. The van der Waals surface area contributed by atoms with Crippen LogP contribution in [0.5, 0.6) is 0 Å². The third-order valence-corrected chi connectivity index (χ3v) is 5.36. The second-order valence-corrected chi connectivity index (χ2v) is 7.97. The van der Waals surface area contributed by atoms with Gasteiger partial charge < -0.3 is 15.7 Å². The highest BCUT2D eigenvalue weighted by Crippen LogP contribution is 2.25. The number of hydrogen-bond donors (Lipinski definition) is 3. The Kier molecular flexibility index (Phi) is 6.85. The molecule has 3 aromatic rings. The van der Waals surface area contributed by atoms with Gasteiger partial charge in [-0.25, -0.2) is 14.5 Å². The van der Waals surface area contributed by atoms with Gasteiger partial charge in [-0.1, -0.05) is 5.21 Å². The highest BCUT2D eigenvalue weighted by molar-refractivity contribution is 7.18. The monoisotopic (exact) mass is 456 g/mol. The molecule has 1 fully saturated rings. The molecule has 1 aromatic carbocycles. The average molecular weight is 456 g/mol. The van der Waals surface area contributed by atoms with Gasteiger partial charge in [-0.3, -0.25) is 4.79 Å². The number of nitrogens with zero attached hydrogens (tertiary/aromatic N) is 4. The molecule has 1 aliphatic rings. The first-order valence-electron chi connectivity index (χ1n) is 9.24. The number of thiazole rings is 1. The molecule has 0 spiro atoms. The van der Waals surface area contributed by atoms with Crippen LogP contribution in [0.15, 0.2) is 24.4 Å². The Morgan fingerprint density at radius 3 is 2.61 bits per heavy atom. The number of amides is 1. The van der Waals surface area contributed by atoms with Gasteiger partial charge in [-0.2, -0.15) is 13.2 Å². The number of aryl methyl sites for hydroxylation is 1. The quantitative estimate of drug-likeness (QED) is 0.554. The molecule has 0 aliphatic carbocycles. The van der Waals surface area contributed by atoms with E-state index >= 15 is 0 Å². The van der Waals surface area contributed by atoms with Crippen molar-refractivity contribution in [2.24, 2.45) is 0 Å². The number of rotatable bonds is 3. The molecule has 2 aromatic heterocycles. The van der Waals surface area contributed by atoms with Crippen molar-refractivity contribution >= 4 is 39.1 Å². The number of carbonyl (C=O) groups excluding carboxylic acids is 1. The van der Waals surface area contributed by atoms with Gasteiger partial charge in [0, 0.05) is 5.69 Å². The van der Waals surface area contributed by atoms with Crippen LogP contribution in [-0.2, 0) is 4.79 Å². The van der Waals surface area contributed by atoms with Crippen molar-refractivity contribution in [3.63, 3.8) is 0 Å². The number of aromatic nitrogens is 4. The third-order valence-electron chi connectivity index (χ3n) is 4.42. The molecular formula is C18H19F3N6O3S. The van der Waals surface area contributed by atoms with Crippen LogP contribution in [-0.4, -0.2) is 56.2 Å². The maximum absolute atomic E-state index is 12.4. The second-order valence-electron chi connectivity index (χ2n) is 6.74. The molecule has 0 unspecified atom stereocenters. The molecule has 1 aliphatic heterocycles. The fourth-order valence-corrected chi connectivity index (χ4v) is 3.81. The molecule has 0 saturated carbocycles. The summed E-state index contributed by atoms with van der Waals surface area (Å²) in [5, 5.41) is 22.5. The lowest BCUT2D eigenvalue weighted by atomic mass is 10.1. The Balaban J connectivity index is 0.000000339. The summed E-state index contributed by atoms with van der Waals surface area (Å²) in [5.41, 5.74) is 2.04. The summed E-state index contributed by atoms with van der Waals surface area (Å²) in [6.07, 6.45) is -1.33. The van der Waals surface area contributed by atoms with Gasteiger partial charge in [-0.15, -0.1) is 16.4 Å². The molecule has 1 amide bonds. The molecule has 3 heterocycles. The first kappa shape index (κ1) is 22.6. The minimum atomic E-state index is -5.08. The van der Waals surface area contributed by atoms with Gasteiger partial charge in [0.05, 0.1) is 27.5 Å². The van der Waals surface area contributed by atoms with Crippen LogP contribution in [0, 0.1) is 6.92 Å². The van der Waals surface area contributed by atoms with E-state index in [0.717, 1.165) is 46.8 Å². The largest absolute Gasteiger partial charge is 0.490 e. The summed E-state index contributed by atoms with van der Waals surface area (Å²) in [6.45, 7) is 3.92. The molecule has 0 radical (unpaired) electrons. The number of fused-ring (bicyclic) bond motifs is 1. The fraction of sp³-hybridized carbons (Fsp3) is 0.389. The Bertz CT molecular complexity index is 1080. The minimum absolute atomic E-state index is 0.240. The SMILES string of the molecule is Cc1nc2ccc(NC(=O)c3cn(C4CCNCC4)nn3)cc2s1.O=C(O)C(F)(F)F. The predicted octanol–water partition coefficient (Wildman–Crippen LogP) is 3.01. The molecule has 13 heteroatoms. The van der Waals surface area contributed by atoms with Gasteiger partial charge in [0.2, 0.25) is 0 Å². The number of anilines is 1. The van der Waals surface area contributed by atoms with Crippen molar-refractivity contribution in [3.8, 4) is 0 Å². The van der Waals surface area contributed by atoms with Gasteiger partial charge in [0.15, 0.2) is 5.69 Å². The molecule has 9 nitrogen and oxygen atoms in total. The maximum Gasteiger partial charge on any atom is 0.490 e. The van der Waals surface area contributed by atoms with E-state index in [1.54, 1.807) is 17.5 Å². The van der Waals surface area contributed by atoms with Crippen LogP contribution >= 0.6 is 11.3 Å². The maximum atomic E-state index is 12.4. The predicted molar refractivity (Wildman–Crippen MR) is 107 cm³/mol. The molecule has 4 rings (SSSR count). The summed E-state index contributed by atoms with van der Waals surface area (Å²) in [4.78, 5) is 25.7. The van der Waals surface area contributed by atoms with E-state index in [-0.39, 0.29) is 5.91 Å². The molecule has 31 heavy (non-hydrogen) atoms. The van der Waals surface area contributed by atoms with E-state index in [9.17, 15) is 18.0 Å². The van der Waals surface area contributed by atoms with Crippen molar-refractivity contribution in [1.29, 1.82) is 0 Å². The van der Waals surface area contributed by atoms with E-state index in [2.05, 4.69) is 25.9 Å². The summed E-state index contributed by atoms with van der Waals surface area (Å²) in [6, 6.07) is 6.03. The number of benzene rings is 1. The zero-order valence-electron chi connectivity index (χ0n) is 16.3. The van der Waals surface area contributed by atoms with Crippen molar-refractivity contribution in [2.75, 3.05) is 18.4 Å². The normalized spacial score (nSPS) is 14.7. The number of piperidine rings is 1. The fourth-order valence-electron chi connectivity index (χ4n) is 2.94. The van der Waals surface area contributed by atoms with Crippen molar-refractivity contribution in [2.45, 2.75) is 32.0 Å². The van der Waals surface area contributed by atoms with E-state index in [1.165, 1.54) is 0 Å². The van der Waals surface area contributed by atoms with Crippen LogP contribution in [0.25, 0.3) is 10.2 Å². The van der Waals surface area contributed by atoms with Crippen LogP contribution in [0.4, 0.5) is 18.9 Å². The van der Waals surface area contributed by atoms with Crippen LogP contribution in [0.3, 0.4) is 0 Å². The van der Waals surface area contributed by atoms with E-state index < -0.39 is 12.1 Å². The zero-order valence-corrected chi connectivity index (χ0v) is 17.1. The lowest BCUT2D eigenvalue weighted by Crippen LogP contribution is -2.29. The van der Waals surface area contributed by atoms with Crippen LogP contribution in [0.2, 0.25) is 0 Å². The molecule has 166 valence electrons. The number of hydrogen-bond acceptors (Lipinski definition) is 7. The smallest absolute Gasteiger partial charge is 0.475 e. The third kappa shape index (κ3) is 5.98. The van der Waals surface area contributed by atoms with Crippen LogP contribution < -0.4 is 10.6 Å². The van der Waals surface area contributed by atoms with Crippen molar-refractivity contribution in [3.05, 3.63) is 35.1 Å². The summed E-state index contributed by atoms with van der Waals surface area (Å²) < 4.78 is 34.6. The highest BCUT2D eigenvalue weighted by Gasteiger charge is 2.38. The summed E-state index contributed by atoms with van der Waals surface area (Å²) in [7, 11) is 0. The Labute approximate surface area is 178 Å². The molecule has 0 atom stereocenters. The summed E-state index contributed by atoms with van der Waals surface area (Å²) >= 11 is 1.61. The first-order valence-corrected chi connectivity index (χ1v) is 10.1. The van der Waals surface area contributed by atoms with Crippen LogP contribution in [0.1, 0.15) is 34.4 Å². The highest BCUT2D eigenvalue weighted by atomic mass is 32.1. The number of halogens is 3. The molecule has 1 saturated heterocycles. The Morgan fingerprint density at radius 2 is 1.97 bits per heavy atom. The number of carboxylic acids is 1. The van der Waals surface area contributed by atoms with Crippen molar-refractivity contribution in [1.82, 2.24) is 25.3 Å². The second kappa shape index (κ2) is 9.39. The Morgan fingerprint density at radius 1 is 1.29 bits per heavy atom. The number of alkyl halides is 3. The van der Waals surface area contributed by atoms with Gasteiger partial charge in [0.1, 0.15) is 0 Å². The number of aliphatic carboxylic acids is 1. The van der Waals surface area contributed by atoms with Gasteiger partial charge in [0.25, 0.3) is 5.91 Å². The number of carboxylic acid groups (broad SMARTS) is 1. The Hall–Kier alpha value is -3.06. The van der Waals surface area contributed by atoms with Gasteiger partial charge >= 0.3 is 12.1 Å².